The fourth-order valence-corrected chi connectivity index (χ4v) is 5.19. The monoisotopic (exact) mass is 491 g/mol. The van der Waals surface area contributed by atoms with Gasteiger partial charge in [-0.1, -0.05) is 25.4 Å². The number of aryl methyl sites for hydroxylation is 1. The molecule has 2 aromatic carbocycles. The van der Waals surface area contributed by atoms with Crippen molar-refractivity contribution < 1.29 is 18.1 Å². The number of nitro groups is 1. The van der Waals surface area contributed by atoms with Gasteiger partial charge in [-0.05, 0) is 37.3 Å². The van der Waals surface area contributed by atoms with Crippen molar-refractivity contribution in [2.75, 3.05) is 18.4 Å². The van der Waals surface area contributed by atoms with Crippen LogP contribution in [0.1, 0.15) is 29.9 Å². The standard InChI is InChI=1S/C21H22ClN5O5S/c1-4-25(5-2)33(31,32)19-13-15(6-11-18(19)22)21(28)23-20-12-14(3)24-26(20)16-7-9-17(10-8-16)27(29)30/h6-13H,4-5H2,1-3H3,(H,23,28). The fraction of sp³-hybridized carbons (Fsp3) is 0.238. The number of halogens is 1. The molecule has 3 aromatic rings. The highest BCUT2D eigenvalue weighted by Crippen LogP contribution is 2.27. The van der Waals surface area contributed by atoms with Gasteiger partial charge in [-0.3, -0.25) is 14.9 Å². The van der Waals surface area contributed by atoms with E-state index in [1.54, 1.807) is 26.8 Å². The molecule has 0 bridgehead atoms. The summed E-state index contributed by atoms with van der Waals surface area (Å²) in [5.74, 6) is -0.250. The number of rotatable bonds is 8. The van der Waals surface area contributed by atoms with Crippen molar-refractivity contribution in [1.29, 1.82) is 0 Å². The first-order chi connectivity index (χ1) is 15.6. The van der Waals surface area contributed by atoms with Crippen LogP contribution in [-0.4, -0.2) is 46.4 Å². The lowest BCUT2D eigenvalue weighted by Gasteiger charge is -2.19. The van der Waals surface area contributed by atoms with Gasteiger partial charge in [0.2, 0.25) is 10.0 Å². The molecule has 174 valence electrons. The van der Waals surface area contributed by atoms with Crippen molar-refractivity contribution in [3.63, 3.8) is 0 Å². The molecule has 0 fully saturated rings. The van der Waals surface area contributed by atoms with E-state index in [0.29, 0.717) is 17.2 Å². The number of hydrogen-bond acceptors (Lipinski definition) is 6. The van der Waals surface area contributed by atoms with E-state index < -0.39 is 20.9 Å². The molecule has 0 spiro atoms. The second-order valence-corrected chi connectivity index (χ2v) is 9.36. The van der Waals surface area contributed by atoms with Crippen LogP contribution < -0.4 is 5.32 Å². The highest BCUT2D eigenvalue weighted by atomic mass is 35.5. The number of hydrogen-bond donors (Lipinski definition) is 1. The Balaban J connectivity index is 1.94. The molecular weight excluding hydrogens is 470 g/mol. The Morgan fingerprint density at radius 3 is 2.36 bits per heavy atom. The first kappa shape index (κ1) is 24.4. The number of amides is 1. The van der Waals surface area contributed by atoms with Crippen LogP contribution in [0.4, 0.5) is 11.5 Å². The van der Waals surface area contributed by atoms with E-state index in [1.807, 2.05) is 0 Å². The lowest BCUT2D eigenvalue weighted by atomic mass is 10.2. The molecule has 0 atom stereocenters. The number of nitrogens with zero attached hydrogens (tertiary/aromatic N) is 4. The van der Waals surface area contributed by atoms with Crippen LogP contribution in [-0.2, 0) is 10.0 Å². The van der Waals surface area contributed by atoms with Crippen LogP contribution >= 0.6 is 11.6 Å². The van der Waals surface area contributed by atoms with Crippen molar-refractivity contribution in [3.05, 3.63) is 74.9 Å². The third-order valence-corrected chi connectivity index (χ3v) is 7.43. The summed E-state index contributed by atoms with van der Waals surface area (Å²) < 4.78 is 28.5. The Hall–Kier alpha value is -3.28. The minimum absolute atomic E-state index is 0.0187. The molecule has 0 unspecified atom stereocenters. The molecule has 0 aliphatic heterocycles. The van der Waals surface area contributed by atoms with Crippen LogP contribution in [0, 0.1) is 17.0 Å². The zero-order valence-electron chi connectivity index (χ0n) is 18.1. The highest BCUT2D eigenvalue weighted by Gasteiger charge is 2.26. The summed E-state index contributed by atoms with van der Waals surface area (Å²) in [6.45, 7) is 5.69. The largest absolute Gasteiger partial charge is 0.306 e. The summed E-state index contributed by atoms with van der Waals surface area (Å²) in [7, 11) is -3.87. The third kappa shape index (κ3) is 5.05. The average Bonchev–Trinajstić information content (AvgIpc) is 3.14. The number of carbonyl (C=O) groups is 1. The fourth-order valence-electron chi connectivity index (χ4n) is 3.23. The molecule has 0 aliphatic rings. The quantitative estimate of drug-likeness (QED) is 0.374. The van der Waals surface area contributed by atoms with E-state index in [1.165, 1.54) is 51.5 Å². The number of nitrogens with one attached hydrogen (secondary N) is 1. The smallest absolute Gasteiger partial charge is 0.269 e. The van der Waals surface area contributed by atoms with Gasteiger partial charge < -0.3 is 5.32 Å². The van der Waals surface area contributed by atoms with Crippen molar-refractivity contribution in [3.8, 4) is 5.69 Å². The van der Waals surface area contributed by atoms with Gasteiger partial charge in [-0.25, -0.2) is 13.1 Å². The third-order valence-electron chi connectivity index (χ3n) is 4.89. The molecule has 3 rings (SSSR count). The minimum atomic E-state index is -3.87. The first-order valence-corrected chi connectivity index (χ1v) is 11.8. The molecule has 1 N–H and O–H groups in total. The molecule has 12 heteroatoms. The van der Waals surface area contributed by atoms with Crippen LogP contribution in [0.15, 0.2) is 53.4 Å². The van der Waals surface area contributed by atoms with Crippen molar-refractivity contribution in [2.24, 2.45) is 0 Å². The number of non-ortho nitro benzene ring substituents is 1. The second kappa shape index (κ2) is 9.69. The van der Waals surface area contributed by atoms with Gasteiger partial charge in [0.25, 0.3) is 11.6 Å². The molecule has 33 heavy (non-hydrogen) atoms. The predicted molar refractivity (Wildman–Crippen MR) is 124 cm³/mol. The Bertz CT molecular complexity index is 1300. The van der Waals surface area contributed by atoms with Gasteiger partial charge in [0.15, 0.2) is 0 Å². The van der Waals surface area contributed by atoms with Crippen molar-refractivity contribution >= 4 is 39.0 Å². The van der Waals surface area contributed by atoms with Gasteiger partial charge in [0.1, 0.15) is 10.7 Å². The summed E-state index contributed by atoms with van der Waals surface area (Å²) in [6, 6.07) is 11.4. The lowest BCUT2D eigenvalue weighted by molar-refractivity contribution is -0.384. The van der Waals surface area contributed by atoms with E-state index in [9.17, 15) is 23.3 Å². The second-order valence-electron chi connectivity index (χ2n) is 7.04. The number of nitro benzene ring substituents is 1. The summed E-state index contributed by atoms with van der Waals surface area (Å²) in [5, 5.41) is 18.0. The Kier molecular flexibility index (Phi) is 7.15. The average molecular weight is 492 g/mol. The van der Waals surface area contributed by atoms with E-state index in [-0.39, 0.29) is 34.3 Å². The van der Waals surface area contributed by atoms with Gasteiger partial charge in [-0.15, -0.1) is 0 Å². The molecule has 1 aromatic heterocycles. The number of sulfonamides is 1. The van der Waals surface area contributed by atoms with E-state index in [0.717, 1.165) is 0 Å². The van der Waals surface area contributed by atoms with Gasteiger partial charge >= 0.3 is 0 Å². The maximum atomic E-state index is 13.0. The maximum absolute atomic E-state index is 13.0. The number of anilines is 1. The maximum Gasteiger partial charge on any atom is 0.269 e. The van der Waals surface area contributed by atoms with Crippen molar-refractivity contribution in [2.45, 2.75) is 25.7 Å². The number of carbonyl (C=O) groups excluding carboxylic acids is 1. The first-order valence-electron chi connectivity index (χ1n) is 10.0. The van der Waals surface area contributed by atoms with Crippen LogP contribution in [0.3, 0.4) is 0 Å². The Labute approximate surface area is 196 Å². The SMILES string of the molecule is CCN(CC)S(=O)(=O)c1cc(C(=O)Nc2cc(C)nn2-c2ccc([N+](=O)[O-])cc2)ccc1Cl. The number of benzene rings is 2. The zero-order chi connectivity index (χ0) is 24.3. The Morgan fingerprint density at radius 2 is 1.79 bits per heavy atom. The van der Waals surface area contributed by atoms with E-state index in [4.69, 9.17) is 11.6 Å². The number of aromatic nitrogens is 2. The summed E-state index contributed by atoms with van der Waals surface area (Å²) in [4.78, 5) is 23.2. The topological polar surface area (TPSA) is 127 Å². The highest BCUT2D eigenvalue weighted by molar-refractivity contribution is 7.89. The zero-order valence-corrected chi connectivity index (χ0v) is 19.7. The summed E-state index contributed by atoms with van der Waals surface area (Å²) >= 11 is 6.15. The van der Waals surface area contributed by atoms with Gasteiger partial charge in [0, 0.05) is 36.9 Å². The summed E-state index contributed by atoms with van der Waals surface area (Å²) in [6.07, 6.45) is 0. The summed E-state index contributed by atoms with van der Waals surface area (Å²) in [5.41, 5.74) is 1.13. The minimum Gasteiger partial charge on any atom is -0.306 e. The Morgan fingerprint density at radius 1 is 1.15 bits per heavy atom. The van der Waals surface area contributed by atoms with Gasteiger partial charge in [0.05, 0.1) is 21.3 Å². The van der Waals surface area contributed by atoms with Crippen molar-refractivity contribution in [1.82, 2.24) is 14.1 Å². The van der Waals surface area contributed by atoms with Gasteiger partial charge in [-0.2, -0.15) is 9.40 Å². The van der Waals surface area contributed by atoms with Crippen LogP contribution in [0.2, 0.25) is 5.02 Å². The molecular formula is C21H22ClN5O5S. The van der Waals surface area contributed by atoms with E-state index >= 15 is 0 Å². The molecule has 1 amide bonds. The lowest BCUT2D eigenvalue weighted by Crippen LogP contribution is -2.31. The van der Waals surface area contributed by atoms with Crippen LogP contribution in [0.25, 0.3) is 5.69 Å². The van der Waals surface area contributed by atoms with E-state index in [2.05, 4.69) is 10.4 Å². The molecule has 10 nitrogen and oxygen atoms in total. The molecule has 0 saturated carbocycles. The predicted octanol–water partition coefficient (Wildman–Crippen LogP) is 4.03. The molecule has 1 heterocycles. The molecule has 0 saturated heterocycles. The molecule has 0 radical (unpaired) electrons. The van der Waals surface area contributed by atoms with Crippen LogP contribution in [0.5, 0.6) is 0 Å². The normalized spacial score (nSPS) is 11.5. The molecule has 0 aliphatic carbocycles.